The van der Waals surface area contributed by atoms with E-state index in [-0.39, 0.29) is 18.4 Å². The molecule has 2 saturated heterocycles. The summed E-state index contributed by atoms with van der Waals surface area (Å²) in [5.74, 6) is 1.67. The zero-order chi connectivity index (χ0) is 20.6. The molecular weight excluding hydrogens is 368 g/mol. The average Bonchev–Trinajstić information content (AvgIpc) is 2.78. The quantitative estimate of drug-likeness (QED) is 0.697. The molecule has 1 atom stereocenters. The Bertz CT molecular complexity index is 700. The number of carbonyl (C=O) groups is 2. The van der Waals surface area contributed by atoms with Crippen molar-refractivity contribution in [3.8, 4) is 11.5 Å². The smallest absolute Gasteiger partial charge is 0.260 e. The summed E-state index contributed by atoms with van der Waals surface area (Å²) in [5, 5.41) is 0. The first-order valence-electron chi connectivity index (χ1n) is 11.1. The van der Waals surface area contributed by atoms with Gasteiger partial charge in [-0.15, -0.1) is 0 Å². The zero-order valence-corrected chi connectivity index (χ0v) is 17.8. The Labute approximate surface area is 174 Å². The van der Waals surface area contributed by atoms with Crippen LogP contribution in [0.2, 0.25) is 0 Å². The third-order valence-corrected chi connectivity index (χ3v) is 5.93. The van der Waals surface area contributed by atoms with Crippen LogP contribution in [0, 0.1) is 5.92 Å². The van der Waals surface area contributed by atoms with E-state index in [0.29, 0.717) is 29.6 Å². The number of amides is 2. The maximum absolute atomic E-state index is 13.0. The van der Waals surface area contributed by atoms with Gasteiger partial charge in [0, 0.05) is 31.7 Å². The lowest BCUT2D eigenvalue weighted by molar-refractivity contribution is -0.134. The van der Waals surface area contributed by atoms with Crippen LogP contribution in [0.25, 0.3) is 0 Å². The standard InChI is InChI=1S/C23H34N2O4/c1-3-18-9-8-14-25(16-18)23(27)19-10-11-20(21(15-19)28-4-2)29-17-22(26)24-12-6-5-7-13-24/h10-11,15,18H,3-9,12-14,16-17H2,1-2H3. The highest BCUT2D eigenvalue weighted by Crippen LogP contribution is 2.30. The SMILES string of the molecule is CCOc1cc(C(=O)N2CCCC(CC)C2)ccc1OCC(=O)N1CCCCC1. The second-order valence-electron chi connectivity index (χ2n) is 7.99. The van der Waals surface area contributed by atoms with Crippen molar-refractivity contribution in [3.63, 3.8) is 0 Å². The maximum atomic E-state index is 13.0. The van der Waals surface area contributed by atoms with E-state index < -0.39 is 0 Å². The molecule has 1 aromatic rings. The van der Waals surface area contributed by atoms with Gasteiger partial charge in [0.25, 0.3) is 11.8 Å². The van der Waals surface area contributed by atoms with Crippen molar-refractivity contribution in [1.29, 1.82) is 0 Å². The summed E-state index contributed by atoms with van der Waals surface area (Å²) >= 11 is 0. The molecule has 2 heterocycles. The number of ether oxygens (including phenoxy) is 2. The first kappa shape index (κ1) is 21.5. The van der Waals surface area contributed by atoms with Crippen molar-refractivity contribution >= 4 is 11.8 Å². The number of hydrogen-bond donors (Lipinski definition) is 0. The molecule has 0 N–H and O–H groups in total. The Morgan fingerprint density at radius 1 is 0.966 bits per heavy atom. The fourth-order valence-electron chi connectivity index (χ4n) is 4.17. The average molecular weight is 403 g/mol. The Morgan fingerprint density at radius 3 is 2.45 bits per heavy atom. The predicted molar refractivity (Wildman–Crippen MR) is 112 cm³/mol. The summed E-state index contributed by atoms with van der Waals surface area (Å²) in [6, 6.07) is 5.28. The molecule has 2 aliphatic rings. The predicted octanol–water partition coefficient (Wildman–Crippen LogP) is 3.74. The lowest BCUT2D eigenvalue weighted by Crippen LogP contribution is -2.39. The molecule has 6 nitrogen and oxygen atoms in total. The van der Waals surface area contributed by atoms with E-state index in [9.17, 15) is 9.59 Å². The Morgan fingerprint density at radius 2 is 1.72 bits per heavy atom. The monoisotopic (exact) mass is 402 g/mol. The van der Waals surface area contributed by atoms with E-state index in [2.05, 4.69) is 6.92 Å². The molecule has 160 valence electrons. The van der Waals surface area contributed by atoms with Crippen molar-refractivity contribution < 1.29 is 19.1 Å². The topological polar surface area (TPSA) is 59.1 Å². The third-order valence-electron chi connectivity index (χ3n) is 5.93. The minimum Gasteiger partial charge on any atom is -0.490 e. The number of benzene rings is 1. The van der Waals surface area contributed by atoms with Gasteiger partial charge in [-0.05, 0) is 63.1 Å². The van der Waals surface area contributed by atoms with Crippen LogP contribution in [0.3, 0.4) is 0 Å². The molecule has 1 aromatic carbocycles. The van der Waals surface area contributed by atoms with Crippen LogP contribution in [0.5, 0.6) is 11.5 Å². The van der Waals surface area contributed by atoms with Gasteiger partial charge in [0.2, 0.25) is 0 Å². The number of hydrogen-bond acceptors (Lipinski definition) is 4. The summed E-state index contributed by atoms with van der Waals surface area (Å²) in [6.07, 6.45) is 6.66. The minimum atomic E-state index is -0.00231. The van der Waals surface area contributed by atoms with Gasteiger partial charge in [0.15, 0.2) is 18.1 Å². The summed E-state index contributed by atoms with van der Waals surface area (Å²) in [6.45, 7) is 7.79. The highest BCUT2D eigenvalue weighted by molar-refractivity contribution is 5.95. The molecule has 3 rings (SSSR count). The van der Waals surface area contributed by atoms with E-state index in [4.69, 9.17) is 9.47 Å². The number of carbonyl (C=O) groups excluding carboxylic acids is 2. The van der Waals surface area contributed by atoms with Crippen LogP contribution < -0.4 is 9.47 Å². The van der Waals surface area contributed by atoms with E-state index in [1.165, 1.54) is 12.8 Å². The summed E-state index contributed by atoms with van der Waals surface area (Å²) in [5.41, 5.74) is 0.611. The molecule has 1 unspecified atom stereocenters. The first-order chi connectivity index (χ1) is 14.1. The van der Waals surface area contributed by atoms with Crippen LogP contribution in [-0.2, 0) is 4.79 Å². The maximum Gasteiger partial charge on any atom is 0.260 e. The van der Waals surface area contributed by atoms with Crippen LogP contribution in [0.15, 0.2) is 18.2 Å². The fourth-order valence-corrected chi connectivity index (χ4v) is 4.17. The molecule has 6 heteroatoms. The second kappa shape index (κ2) is 10.5. The minimum absolute atomic E-state index is 0.00231. The highest BCUT2D eigenvalue weighted by atomic mass is 16.5. The van der Waals surface area contributed by atoms with Crippen LogP contribution in [-0.4, -0.2) is 61.0 Å². The first-order valence-corrected chi connectivity index (χ1v) is 11.1. The lowest BCUT2D eigenvalue weighted by atomic mass is 9.95. The molecule has 0 spiro atoms. The fraction of sp³-hybridized carbons (Fsp3) is 0.652. The molecule has 0 aromatic heterocycles. The summed E-state index contributed by atoms with van der Waals surface area (Å²) in [4.78, 5) is 29.2. The normalized spacial score (nSPS) is 19.7. The molecule has 29 heavy (non-hydrogen) atoms. The molecular formula is C23H34N2O4. The summed E-state index contributed by atoms with van der Waals surface area (Å²) in [7, 11) is 0. The summed E-state index contributed by atoms with van der Waals surface area (Å²) < 4.78 is 11.5. The molecule has 0 radical (unpaired) electrons. The Balaban J connectivity index is 1.66. The molecule has 0 bridgehead atoms. The van der Waals surface area contributed by atoms with Gasteiger partial charge in [-0.25, -0.2) is 0 Å². The lowest BCUT2D eigenvalue weighted by Gasteiger charge is -2.32. The van der Waals surface area contributed by atoms with E-state index >= 15 is 0 Å². The second-order valence-corrected chi connectivity index (χ2v) is 7.99. The number of piperidine rings is 2. The van der Waals surface area contributed by atoms with Crippen molar-refractivity contribution in [2.24, 2.45) is 5.92 Å². The van der Waals surface area contributed by atoms with Gasteiger partial charge in [0.05, 0.1) is 6.61 Å². The number of rotatable bonds is 7. The Hall–Kier alpha value is -2.24. The van der Waals surface area contributed by atoms with Crippen LogP contribution >= 0.6 is 0 Å². The third kappa shape index (κ3) is 5.64. The van der Waals surface area contributed by atoms with Gasteiger partial charge in [-0.3, -0.25) is 9.59 Å². The number of nitrogens with zero attached hydrogens (tertiary/aromatic N) is 2. The van der Waals surface area contributed by atoms with Gasteiger partial charge in [-0.1, -0.05) is 13.3 Å². The van der Waals surface area contributed by atoms with Crippen LogP contribution in [0.1, 0.15) is 62.7 Å². The van der Waals surface area contributed by atoms with Gasteiger partial charge >= 0.3 is 0 Å². The van der Waals surface area contributed by atoms with Gasteiger partial charge in [-0.2, -0.15) is 0 Å². The molecule has 0 aliphatic carbocycles. The van der Waals surface area contributed by atoms with Gasteiger partial charge in [0.1, 0.15) is 0 Å². The van der Waals surface area contributed by atoms with Crippen molar-refractivity contribution in [3.05, 3.63) is 23.8 Å². The molecule has 0 saturated carbocycles. The van der Waals surface area contributed by atoms with E-state index in [1.807, 2.05) is 16.7 Å². The van der Waals surface area contributed by atoms with E-state index in [1.54, 1.807) is 18.2 Å². The van der Waals surface area contributed by atoms with Crippen LogP contribution in [0.4, 0.5) is 0 Å². The molecule has 2 aliphatic heterocycles. The van der Waals surface area contributed by atoms with Crippen molar-refractivity contribution in [1.82, 2.24) is 9.80 Å². The van der Waals surface area contributed by atoms with Crippen molar-refractivity contribution in [2.75, 3.05) is 39.4 Å². The Kier molecular flexibility index (Phi) is 7.78. The zero-order valence-electron chi connectivity index (χ0n) is 17.8. The highest BCUT2D eigenvalue weighted by Gasteiger charge is 2.24. The largest absolute Gasteiger partial charge is 0.490 e. The molecule has 2 fully saturated rings. The molecule has 2 amide bonds. The van der Waals surface area contributed by atoms with Crippen molar-refractivity contribution in [2.45, 2.75) is 52.4 Å². The van der Waals surface area contributed by atoms with E-state index in [0.717, 1.165) is 51.9 Å². The number of likely N-dealkylation sites (tertiary alicyclic amines) is 2. The van der Waals surface area contributed by atoms with Gasteiger partial charge < -0.3 is 19.3 Å².